The number of hydrogen-bond acceptors (Lipinski definition) is 3. The van der Waals surface area contributed by atoms with Crippen LogP contribution >= 0.6 is 12.2 Å². The number of halogens is 2. The van der Waals surface area contributed by atoms with Crippen LogP contribution in [0.5, 0.6) is 0 Å². The maximum absolute atomic E-state index is 5.39. The first-order chi connectivity index (χ1) is 9.75. The van der Waals surface area contributed by atoms with Crippen molar-refractivity contribution in [3.05, 3.63) is 72.1 Å². The summed E-state index contributed by atoms with van der Waals surface area (Å²) in [7, 11) is 0. The molecule has 8 heteroatoms. The molecule has 1 aromatic heterocycles. The Morgan fingerprint density at radius 1 is 1.09 bits per heavy atom. The number of rotatable bonds is 4. The number of nitrogens with zero attached hydrogens (tertiary/aromatic N) is 2. The largest absolute Gasteiger partial charge is 2.00 e. The molecule has 1 radical (unpaired) electrons. The van der Waals surface area contributed by atoms with E-state index in [1.54, 1.807) is 6.20 Å². The van der Waals surface area contributed by atoms with Crippen molar-refractivity contribution in [2.45, 2.75) is 0 Å². The SMILES string of the molecule is NC(=S)N/N=C(/C=C/c1ccccc1)c1ccccn1.[Cl-].[Cl-].[Cu+2]. The number of hydrazone groups is 1. The fraction of sp³-hybridized carbons (Fsp3) is 0. The van der Waals surface area contributed by atoms with Gasteiger partial charge in [0.25, 0.3) is 0 Å². The zero-order valence-corrected chi connectivity index (χ0v) is 15.1. The third-order valence-electron chi connectivity index (χ3n) is 2.45. The van der Waals surface area contributed by atoms with Gasteiger partial charge in [-0.1, -0.05) is 42.5 Å². The number of pyridine rings is 1. The number of aromatic nitrogens is 1. The summed E-state index contributed by atoms with van der Waals surface area (Å²) in [6, 6.07) is 15.6. The standard InChI is InChI=1S/C15H14N4S.2ClH.Cu/c16-15(20)19-18-14(13-8-4-5-11-17-13)10-9-12-6-2-1-3-7-12;;;/h1-11H,(H3,16,19,20);2*1H;/q;;;+2/p-2/b10-9+,18-14-;;;. The summed E-state index contributed by atoms with van der Waals surface area (Å²) in [5, 5.41) is 4.28. The van der Waals surface area contributed by atoms with Crippen molar-refractivity contribution in [3.8, 4) is 0 Å². The van der Waals surface area contributed by atoms with Gasteiger partial charge in [0.05, 0.1) is 5.69 Å². The summed E-state index contributed by atoms with van der Waals surface area (Å²) in [5.74, 6) is 0. The minimum Gasteiger partial charge on any atom is -1.00 e. The summed E-state index contributed by atoms with van der Waals surface area (Å²) in [4.78, 5) is 4.26. The van der Waals surface area contributed by atoms with Gasteiger partial charge in [0.2, 0.25) is 0 Å². The van der Waals surface area contributed by atoms with Crippen molar-refractivity contribution < 1.29 is 41.9 Å². The maximum atomic E-state index is 5.39. The van der Waals surface area contributed by atoms with Crippen molar-refractivity contribution in [3.63, 3.8) is 0 Å². The topological polar surface area (TPSA) is 63.3 Å². The maximum Gasteiger partial charge on any atom is 2.00 e. The van der Waals surface area contributed by atoms with Gasteiger partial charge in [-0.15, -0.1) is 0 Å². The molecule has 0 bridgehead atoms. The van der Waals surface area contributed by atoms with E-state index >= 15 is 0 Å². The van der Waals surface area contributed by atoms with E-state index in [1.807, 2.05) is 60.7 Å². The molecule has 0 saturated carbocycles. The van der Waals surface area contributed by atoms with Gasteiger partial charge in [-0.2, -0.15) is 5.10 Å². The second kappa shape index (κ2) is 13.0. The zero-order valence-electron chi connectivity index (χ0n) is 11.8. The van der Waals surface area contributed by atoms with E-state index in [2.05, 4.69) is 15.5 Å². The molecular weight excluding hydrogens is 403 g/mol. The molecule has 3 N–H and O–H groups in total. The molecule has 0 unspecified atom stereocenters. The number of allylic oxidation sites excluding steroid dienone is 1. The molecule has 0 saturated heterocycles. The Bertz CT molecular complexity index is 636. The predicted octanol–water partition coefficient (Wildman–Crippen LogP) is -3.66. The van der Waals surface area contributed by atoms with Crippen LogP contribution in [0.2, 0.25) is 0 Å². The van der Waals surface area contributed by atoms with Crippen LogP contribution in [-0.2, 0) is 17.1 Å². The van der Waals surface area contributed by atoms with Crippen LogP contribution in [0.25, 0.3) is 6.08 Å². The third kappa shape index (κ3) is 8.69. The van der Waals surface area contributed by atoms with E-state index in [4.69, 9.17) is 18.0 Å². The van der Waals surface area contributed by atoms with Gasteiger partial charge in [0.15, 0.2) is 5.11 Å². The molecule has 0 aliphatic carbocycles. The predicted molar refractivity (Wildman–Crippen MR) is 86.2 cm³/mol. The van der Waals surface area contributed by atoms with Crippen LogP contribution in [0.15, 0.2) is 65.9 Å². The van der Waals surface area contributed by atoms with Crippen LogP contribution in [0.1, 0.15) is 11.3 Å². The van der Waals surface area contributed by atoms with Gasteiger partial charge in [-0.05, 0) is 36.0 Å². The van der Waals surface area contributed by atoms with Crippen LogP contribution < -0.4 is 36.0 Å². The van der Waals surface area contributed by atoms with Crippen molar-refractivity contribution in [2.75, 3.05) is 0 Å². The van der Waals surface area contributed by atoms with E-state index in [1.165, 1.54) is 0 Å². The smallest absolute Gasteiger partial charge is 1.00 e. The minimum absolute atomic E-state index is 0. The Morgan fingerprint density at radius 2 is 1.74 bits per heavy atom. The Morgan fingerprint density at radius 3 is 2.30 bits per heavy atom. The van der Waals surface area contributed by atoms with Gasteiger partial charge in [-0.25, -0.2) is 0 Å². The third-order valence-corrected chi connectivity index (χ3v) is 2.54. The van der Waals surface area contributed by atoms with Gasteiger partial charge in [0, 0.05) is 6.20 Å². The molecule has 2 aromatic rings. The van der Waals surface area contributed by atoms with Crippen LogP contribution in [0.4, 0.5) is 0 Å². The van der Waals surface area contributed by atoms with E-state index < -0.39 is 0 Å². The number of hydrogen-bond donors (Lipinski definition) is 2. The molecule has 0 amide bonds. The first-order valence-corrected chi connectivity index (χ1v) is 6.44. The van der Waals surface area contributed by atoms with E-state index in [-0.39, 0.29) is 47.0 Å². The van der Waals surface area contributed by atoms with Crippen LogP contribution in [0, 0.1) is 0 Å². The summed E-state index contributed by atoms with van der Waals surface area (Å²) in [6.07, 6.45) is 5.53. The minimum atomic E-state index is 0. The summed E-state index contributed by atoms with van der Waals surface area (Å²) >= 11 is 4.76. The normalized spacial score (nSPS) is 10.0. The molecule has 1 aromatic carbocycles. The fourth-order valence-electron chi connectivity index (χ4n) is 1.55. The van der Waals surface area contributed by atoms with Crippen LogP contribution in [0.3, 0.4) is 0 Å². The average molecular weight is 417 g/mol. The second-order valence-corrected chi connectivity index (χ2v) is 4.37. The second-order valence-electron chi connectivity index (χ2n) is 3.93. The van der Waals surface area contributed by atoms with E-state index in [9.17, 15) is 0 Å². The fourth-order valence-corrected chi connectivity index (χ4v) is 1.59. The molecule has 2 rings (SSSR count). The number of thiocarbonyl (C=S) groups is 1. The van der Waals surface area contributed by atoms with Crippen molar-refractivity contribution in [1.29, 1.82) is 0 Å². The van der Waals surface area contributed by atoms with Crippen molar-refractivity contribution >= 4 is 29.1 Å². The first-order valence-electron chi connectivity index (χ1n) is 6.03. The quantitative estimate of drug-likeness (QED) is 0.233. The molecule has 0 atom stereocenters. The number of nitrogens with two attached hydrogens (primary N) is 1. The monoisotopic (exact) mass is 415 g/mol. The molecule has 1 heterocycles. The van der Waals surface area contributed by atoms with Crippen molar-refractivity contribution in [2.24, 2.45) is 10.8 Å². The Balaban J connectivity index is 0. The van der Waals surface area contributed by atoms with Gasteiger partial charge in [0.1, 0.15) is 5.71 Å². The molecule has 0 spiro atoms. The van der Waals surface area contributed by atoms with Crippen LogP contribution in [-0.4, -0.2) is 15.8 Å². The van der Waals surface area contributed by atoms with Crippen molar-refractivity contribution in [1.82, 2.24) is 10.4 Å². The van der Waals surface area contributed by atoms with E-state index in [0.717, 1.165) is 11.3 Å². The van der Waals surface area contributed by atoms with E-state index in [0.29, 0.717) is 5.71 Å². The number of nitrogens with one attached hydrogen (secondary N) is 1. The Kier molecular flexibility index (Phi) is 13.5. The number of benzene rings is 1. The Hall–Kier alpha value is -1.43. The molecule has 0 aliphatic heterocycles. The van der Waals surface area contributed by atoms with Gasteiger partial charge < -0.3 is 30.5 Å². The van der Waals surface area contributed by atoms with Gasteiger partial charge >= 0.3 is 17.1 Å². The molecule has 23 heavy (non-hydrogen) atoms. The Labute approximate surface area is 163 Å². The summed E-state index contributed by atoms with van der Waals surface area (Å²) < 4.78 is 0. The molecule has 125 valence electrons. The first kappa shape index (κ1) is 23.8. The van der Waals surface area contributed by atoms with Gasteiger partial charge in [-0.3, -0.25) is 10.4 Å². The molecular formula is C15H14Cl2CuN4S. The average Bonchev–Trinajstić information content (AvgIpc) is 2.49. The molecule has 4 nitrogen and oxygen atoms in total. The molecule has 0 fully saturated rings. The zero-order chi connectivity index (χ0) is 14.2. The molecule has 0 aliphatic rings. The summed E-state index contributed by atoms with van der Waals surface area (Å²) in [5.41, 5.74) is 10.5. The summed E-state index contributed by atoms with van der Waals surface area (Å²) in [6.45, 7) is 0.